The quantitative estimate of drug-likeness (QED) is 0.828. The highest BCUT2D eigenvalue weighted by Gasteiger charge is 2.24. The molecular formula is C14H19BrFN. The van der Waals surface area contributed by atoms with E-state index in [0.29, 0.717) is 12.6 Å². The van der Waals surface area contributed by atoms with Gasteiger partial charge in [-0.25, -0.2) is 4.39 Å². The van der Waals surface area contributed by atoms with Gasteiger partial charge in [-0.1, -0.05) is 41.8 Å². The van der Waals surface area contributed by atoms with Gasteiger partial charge in [-0.3, -0.25) is 0 Å². The Balaban J connectivity index is 1.86. The first-order chi connectivity index (χ1) is 8.19. The standard InChI is InChI=1S/C14H19BrFN/c1-2-13(7-10-3-4-10)17-9-11-5-6-12(15)8-14(11)16/h5-6,8,10,13,17H,2-4,7,9H2,1H3. The molecule has 0 heterocycles. The van der Waals surface area contributed by atoms with Crippen LogP contribution >= 0.6 is 15.9 Å². The van der Waals surface area contributed by atoms with Crippen LogP contribution in [0.3, 0.4) is 0 Å². The van der Waals surface area contributed by atoms with Crippen molar-refractivity contribution in [2.75, 3.05) is 0 Å². The average Bonchev–Trinajstić information content (AvgIpc) is 3.10. The third-order valence-corrected chi connectivity index (χ3v) is 3.90. The Morgan fingerprint density at radius 1 is 1.47 bits per heavy atom. The molecule has 3 heteroatoms. The summed E-state index contributed by atoms with van der Waals surface area (Å²) in [6, 6.07) is 5.79. The average molecular weight is 300 g/mol. The van der Waals surface area contributed by atoms with Crippen molar-refractivity contribution in [2.24, 2.45) is 5.92 Å². The van der Waals surface area contributed by atoms with E-state index in [1.54, 1.807) is 0 Å². The smallest absolute Gasteiger partial charge is 0.128 e. The van der Waals surface area contributed by atoms with E-state index < -0.39 is 0 Å². The molecule has 1 saturated carbocycles. The first-order valence-electron chi connectivity index (χ1n) is 6.36. The SMILES string of the molecule is CCC(CC1CC1)NCc1ccc(Br)cc1F. The van der Waals surface area contributed by atoms with Gasteiger partial charge >= 0.3 is 0 Å². The van der Waals surface area contributed by atoms with E-state index in [0.717, 1.165) is 22.4 Å². The number of benzene rings is 1. The third kappa shape index (κ3) is 4.07. The third-order valence-electron chi connectivity index (χ3n) is 3.40. The molecule has 0 radical (unpaired) electrons. The second-order valence-electron chi connectivity index (χ2n) is 4.90. The maximum absolute atomic E-state index is 13.6. The summed E-state index contributed by atoms with van der Waals surface area (Å²) in [5, 5.41) is 3.46. The molecule has 2 rings (SSSR count). The van der Waals surface area contributed by atoms with Crippen LogP contribution < -0.4 is 5.32 Å². The van der Waals surface area contributed by atoms with E-state index in [1.807, 2.05) is 12.1 Å². The zero-order valence-electron chi connectivity index (χ0n) is 10.2. The topological polar surface area (TPSA) is 12.0 Å². The molecule has 0 saturated heterocycles. The summed E-state index contributed by atoms with van der Waals surface area (Å²) in [4.78, 5) is 0. The molecule has 1 unspecified atom stereocenters. The van der Waals surface area contributed by atoms with Gasteiger partial charge in [0.1, 0.15) is 5.82 Å². The van der Waals surface area contributed by atoms with E-state index in [4.69, 9.17) is 0 Å². The minimum Gasteiger partial charge on any atom is -0.310 e. The van der Waals surface area contributed by atoms with Gasteiger partial charge < -0.3 is 5.32 Å². The van der Waals surface area contributed by atoms with Crippen molar-refractivity contribution in [3.8, 4) is 0 Å². The van der Waals surface area contributed by atoms with Crippen molar-refractivity contribution in [3.05, 3.63) is 34.1 Å². The summed E-state index contributed by atoms with van der Waals surface area (Å²) >= 11 is 3.27. The van der Waals surface area contributed by atoms with Crippen LogP contribution in [0.2, 0.25) is 0 Å². The van der Waals surface area contributed by atoms with Crippen LogP contribution in [0.5, 0.6) is 0 Å². The summed E-state index contributed by atoms with van der Waals surface area (Å²) in [6.45, 7) is 2.82. The van der Waals surface area contributed by atoms with Crippen molar-refractivity contribution >= 4 is 15.9 Å². The van der Waals surface area contributed by atoms with Gasteiger partial charge in [0.25, 0.3) is 0 Å². The molecule has 0 amide bonds. The normalized spacial score (nSPS) is 17.1. The van der Waals surface area contributed by atoms with Crippen molar-refractivity contribution in [1.82, 2.24) is 5.32 Å². The van der Waals surface area contributed by atoms with Gasteiger partial charge in [0.2, 0.25) is 0 Å². The van der Waals surface area contributed by atoms with E-state index in [9.17, 15) is 4.39 Å². The Morgan fingerprint density at radius 3 is 2.82 bits per heavy atom. The monoisotopic (exact) mass is 299 g/mol. The molecule has 1 aromatic carbocycles. The Bertz CT molecular complexity index is 376. The lowest BCUT2D eigenvalue weighted by Gasteiger charge is -2.17. The van der Waals surface area contributed by atoms with Crippen LogP contribution in [0.1, 0.15) is 38.2 Å². The predicted molar refractivity (Wildman–Crippen MR) is 72.4 cm³/mol. The molecule has 1 aliphatic rings. The van der Waals surface area contributed by atoms with Gasteiger partial charge in [0.15, 0.2) is 0 Å². The maximum atomic E-state index is 13.6. The van der Waals surface area contributed by atoms with Gasteiger partial charge in [0.05, 0.1) is 0 Å². The molecule has 1 aliphatic carbocycles. The Labute approximate surface area is 111 Å². The molecule has 94 valence electrons. The molecular weight excluding hydrogens is 281 g/mol. The molecule has 1 atom stereocenters. The molecule has 0 aliphatic heterocycles. The lowest BCUT2D eigenvalue weighted by molar-refractivity contribution is 0.439. The molecule has 1 nitrogen and oxygen atoms in total. The minimum atomic E-state index is -0.131. The predicted octanol–water partition coefficient (Wildman–Crippen LogP) is 4.26. The summed E-state index contributed by atoms with van der Waals surface area (Å²) in [5.74, 6) is 0.787. The van der Waals surface area contributed by atoms with Crippen LogP contribution in [0.4, 0.5) is 4.39 Å². The minimum absolute atomic E-state index is 0.131. The summed E-state index contributed by atoms with van der Waals surface area (Å²) in [6.07, 6.45) is 5.12. The second-order valence-corrected chi connectivity index (χ2v) is 5.82. The van der Waals surface area contributed by atoms with E-state index in [1.165, 1.54) is 25.3 Å². The molecule has 0 bridgehead atoms. The molecule has 17 heavy (non-hydrogen) atoms. The summed E-state index contributed by atoms with van der Waals surface area (Å²) < 4.78 is 14.4. The van der Waals surface area contributed by atoms with Crippen molar-refractivity contribution in [1.29, 1.82) is 0 Å². The zero-order chi connectivity index (χ0) is 12.3. The molecule has 0 aromatic heterocycles. The molecule has 1 fully saturated rings. The van der Waals surface area contributed by atoms with Crippen molar-refractivity contribution in [3.63, 3.8) is 0 Å². The lowest BCUT2D eigenvalue weighted by Crippen LogP contribution is -2.28. The second kappa shape index (κ2) is 5.96. The summed E-state index contributed by atoms with van der Waals surface area (Å²) in [5.41, 5.74) is 0.752. The first kappa shape index (κ1) is 13.0. The van der Waals surface area contributed by atoms with Crippen LogP contribution in [0, 0.1) is 11.7 Å². The fraction of sp³-hybridized carbons (Fsp3) is 0.571. The van der Waals surface area contributed by atoms with Gasteiger partial charge in [-0.2, -0.15) is 0 Å². The Kier molecular flexibility index (Phi) is 4.57. The first-order valence-corrected chi connectivity index (χ1v) is 7.15. The van der Waals surface area contributed by atoms with Gasteiger partial charge in [-0.15, -0.1) is 0 Å². The number of hydrogen-bond donors (Lipinski definition) is 1. The van der Waals surface area contributed by atoms with Crippen LogP contribution in [-0.2, 0) is 6.54 Å². The number of hydrogen-bond acceptors (Lipinski definition) is 1. The largest absolute Gasteiger partial charge is 0.310 e. The summed E-state index contributed by atoms with van der Waals surface area (Å²) in [7, 11) is 0. The highest BCUT2D eigenvalue weighted by atomic mass is 79.9. The van der Waals surface area contributed by atoms with Crippen LogP contribution in [0.15, 0.2) is 22.7 Å². The van der Waals surface area contributed by atoms with E-state index in [-0.39, 0.29) is 5.82 Å². The highest BCUT2D eigenvalue weighted by molar-refractivity contribution is 9.10. The number of halogens is 2. The van der Waals surface area contributed by atoms with E-state index >= 15 is 0 Å². The van der Waals surface area contributed by atoms with Crippen LogP contribution in [-0.4, -0.2) is 6.04 Å². The Morgan fingerprint density at radius 2 is 2.24 bits per heavy atom. The molecule has 1 aromatic rings. The van der Waals surface area contributed by atoms with Gasteiger partial charge in [0, 0.05) is 22.6 Å². The molecule has 0 spiro atoms. The number of nitrogens with one attached hydrogen (secondary N) is 1. The fourth-order valence-corrected chi connectivity index (χ4v) is 2.40. The van der Waals surface area contributed by atoms with Gasteiger partial charge in [-0.05, 0) is 30.9 Å². The lowest BCUT2D eigenvalue weighted by atomic mass is 10.1. The fourth-order valence-electron chi connectivity index (χ4n) is 2.07. The maximum Gasteiger partial charge on any atom is 0.128 e. The Hall–Kier alpha value is -0.410. The zero-order valence-corrected chi connectivity index (χ0v) is 11.8. The van der Waals surface area contributed by atoms with E-state index in [2.05, 4.69) is 28.2 Å². The van der Waals surface area contributed by atoms with Crippen molar-refractivity contribution in [2.45, 2.75) is 45.2 Å². The van der Waals surface area contributed by atoms with Crippen molar-refractivity contribution < 1.29 is 4.39 Å². The van der Waals surface area contributed by atoms with Crippen LogP contribution in [0.25, 0.3) is 0 Å². The highest BCUT2D eigenvalue weighted by Crippen LogP contribution is 2.34. The molecule has 1 N–H and O–H groups in total. The number of rotatable bonds is 6.